The summed E-state index contributed by atoms with van der Waals surface area (Å²) >= 11 is 13.5. The molecule has 25 heavy (non-hydrogen) atoms. The fourth-order valence-corrected chi connectivity index (χ4v) is 4.30. The third kappa shape index (κ3) is 3.12. The number of hydrogen-bond donors (Lipinski definition) is 0. The third-order valence-electron chi connectivity index (χ3n) is 5.09. The van der Waals surface area contributed by atoms with E-state index in [0.29, 0.717) is 10.0 Å². The smallest absolute Gasteiger partial charge is 0.0746 e. The van der Waals surface area contributed by atoms with Crippen LogP contribution >= 0.6 is 23.2 Å². The van der Waals surface area contributed by atoms with E-state index in [-0.39, 0.29) is 0 Å². The Hall–Kier alpha value is -1.70. The van der Waals surface area contributed by atoms with Crippen LogP contribution in [0.3, 0.4) is 0 Å². The summed E-state index contributed by atoms with van der Waals surface area (Å²) in [7, 11) is 3.94. The molecule has 1 nitrogen and oxygen atoms in total. The van der Waals surface area contributed by atoms with E-state index in [2.05, 4.69) is 57.2 Å². The van der Waals surface area contributed by atoms with Crippen molar-refractivity contribution in [2.24, 2.45) is 0 Å². The molecule has 0 saturated carbocycles. The summed E-state index contributed by atoms with van der Waals surface area (Å²) in [6.07, 6.45) is 7.31. The van der Waals surface area contributed by atoms with Crippen LogP contribution in [0.5, 0.6) is 0 Å². The van der Waals surface area contributed by atoms with Crippen LogP contribution in [0, 0.1) is 20.8 Å². The summed E-state index contributed by atoms with van der Waals surface area (Å²) in [6.45, 7) is 6.48. The first-order valence-corrected chi connectivity index (χ1v) is 9.21. The fourth-order valence-electron chi connectivity index (χ4n) is 3.41. The molecule has 0 atom stereocenters. The Morgan fingerprint density at radius 2 is 1.68 bits per heavy atom. The van der Waals surface area contributed by atoms with Gasteiger partial charge in [-0.15, -0.1) is 0 Å². The predicted octanol–water partition coefficient (Wildman–Crippen LogP) is 6.99. The SMILES string of the molecule is Cc1ccc(-c2c(C3=CC=CC3)cc(Cl)c(N(C)C)c2Cl)c(C)c1C. The monoisotopic (exact) mass is 371 g/mol. The molecule has 0 aliphatic heterocycles. The maximum absolute atomic E-state index is 6.92. The van der Waals surface area contributed by atoms with E-state index in [1.165, 1.54) is 27.8 Å². The highest BCUT2D eigenvalue weighted by molar-refractivity contribution is 6.41. The Balaban J connectivity index is 2.37. The zero-order chi connectivity index (χ0) is 18.3. The molecule has 130 valence electrons. The summed E-state index contributed by atoms with van der Waals surface area (Å²) in [5.74, 6) is 0. The lowest BCUT2D eigenvalue weighted by Gasteiger charge is -2.24. The van der Waals surface area contributed by atoms with Gasteiger partial charge in [-0.3, -0.25) is 0 Å². The van der Waals surface area contributed by atoms with Crippen molar-refractivity contribution >= 4 is 34.5 Å². The molecule has 2 aromatic rings. The van der Waals surface area contributed by atoms with Gasteiger partial charge in [-0.2, -0.15) is 0 Å². The topological polar surface area (TPSA) is 3.24 Å². The number of rotatable bonds is 3. The number of benzene rings is 2. The second-order valence-corrected chi connectivity index (χ2v) is 7.63. The Bertz CT molecular complexity index is 905. The lowest BCUT2D eigenvalue weighted by atomic mass is 9.88. The zero-order valence-corrected chi connectivity index (χ0v) is 16.9. The molecule has 0 radical (unpaired) electrons. The Morgan fingerprint density at radius 1 is 0.960 bits per heavy atom. The first kappa shape index (κ1) is 18.1. The quantitative estimate of drug-likeness (QED) is 0.561. The Kier molecular flexibility index (Phi) is 4.99. The van der Waals surface area contributed by atoms with E-state index in [9.17, 15) is 0 Å². The minimum atomic E-state index is 0.683. The van der Waals surface area contributed by atoms with E-state index in [0.717, 1.165) is 23.2 Å². The molecule has 0 heterocycles. The largest absolute Gasteiger partial charge is 0.375 e. The second kappa shape index (κ2) is 6.90. The predicted molar refractivity (Wildman–Crippen MR) is 112 cm³/mol. The van der Waals surface area contributed by atoms with Gasteiger partial charge in [0.1, 0.15) is 0 Å². The van der Waals surface area contributed by atoms with Gasteiger partial charge in [-0.05, 0) is 66.6 Å². The molecule has 0 fully saturated rings. The van der Waals surface area contributed by atoms with Gasteiger partial charge in [-0.25, -0.2) is 0 Å². The highest BCUT2D eigenvalue weighted by Gasteiger charge is 2.22. The summed E-state index contributed by atoms with van der Waals surface area (Å²) in [4.78, 5) is 1.98. The van der Waals surface area contributed by atoms with Crippen LogP contribution in [0.15, 0.2) is 36.4 Å². The molecule has 0 spiro atoms. The molecule has 1 aliphatic rings. The normalized spacial score (nSPS) is 13.3. The number of aryl methyl sites for hydroxylation is 1. The second-order valence-electron chi connectivity index (χ2n) is 6.84. The van der Waals surface area contributed by atoms with Crippen molar-refractivity contribution in [1.82, 2.24) is 0 Å². The molecular formula is C22H23Cl2N. The van der Waals surface area contributed by atoms with Crippen LogP contribution < -0.4 is 4.90 Å². The van der Waals surface area contributed by atoms with E-state index < -0.39 is 0 Å². The van der Waals surface area contributed by atoms with Gasteiger partial charge < -0.3 is 4.90 Å². The van der Waals surface area contributed by atoms with Gasteiger partial charge in [0.2, 0.25) is 0 Å². The minimum absolute atomic E-state index is 0.683. The molecule has 0 amide bonds. The summed E-state index contributed by atoms with van der Waals surface area (Å²) in [5.41, 5.74) is 9.36. The Morgan fingerprint density at radius 3 is 2.28 bits per heavy atom. The van der Waals surface area contributed by atoms with Crippen molar-refractivity contribution in [3.8, 4) is 11.1 Å². The van der Waals surface area contributed by atoms with Crippen LogP contribution in [0.4, 0.5) is 5.69 Å². The first-order chi connectivity index (χ1) is 11.8. The molecular weight excluding hydrogens is 349 g/mol. The first-order valence-electron chi connectivity index (χ1n) is 8.45. The van der Waals surface area contributed by atoms with Crippen molar-refractivity contribution in [2.75, 3.05) is 19.0 Å². The number of halogens is 2. The maximum Gasteiger partial charge on any atom is 0.0746 e. The van der Waals surface area contributed by atoms with Crippen molar-refractivity contribution in [3.05, 3.63) is 68.7 Å². The van der Waals surface area contributed by atoms with Gasteiger partial charge in [0.15, 0.2) is 0 Å². The zero-order valence-electron chi connectivity index (χ0n) is 15.4. The van der Waals surface area contributed by atoms with Crippen LogP contribution in [0.1, 0.15) is 28.7 Å². The van der Waals surface area contributed by atoms with Gasteiger partial charge in [0, 0.05) is 19.7 Å². The maximum atomic E-state index is 6.92. The molecule has 3 heteroatoms. The summed E-state index contributed by atoms with van der Waals surface area (Å²) in [6, 6.07) is 6.41. The molecule has 0 saturated heterocycles. The summed E-state index contributed by atoms with van der Waals surface area (Å²) < 4.78 is 0. The molecule has 0 bridgehead atoms. The fraction of sp³-hybridized carbons (Fsp3) is 0.273. The van der Waals surface area contributed by atoms with E-state index in [4.69, 9.17) is 23.2 Å². The lowest BCUT2D eigenvalue weighted by Crippen LogP contribution is -2.11. The van der Waals surface area contributed by atoms with Crippen LogP contribution in [0.25, 0.3) is 16.7 Å². The molecule has 0 N–H and O–H groups in total. The van der Waals surface area contributed by atoms with Crippen LogP contribution in [-0.2, 0) is 0 Å². The number of nitrogens with zero attached hydrogens (tertiary/aromatic N) is 1. The van der Waals surface area contributed by atoms with E-state index in [1.54, 1.807) is 0 Å². The number of hydrogen-bond acceptors (Lipinski definition) is 1. The van der Waals surface area contributed by atoms with Crippen molar-refractivity contribution in [2.45, 2.75) is 27.2 Å². The van der Waals surface area contributed by atoms with E-state index in [1.807, 2.05) is 19.0 Å². The third-order valence-corrected chi connectivity index (χ3v) is 5.74. The molecule has 2 aromatic carbocycles. The minimum Gasteiger partial charge on any atom is -0.375 e. The Labute approximate surface area is 160 Å². The molecule has 3 rings (SSSR count). The lowest BCUT2D eigenvalue weighted by molar-refractivity contribution is 1.13. The number of anilines is 1. The van der Waals surface area contributed by atoms with E-state index >= 15 is 0 Å². The average molecular weight is 372 g/mol. The molecule has 0 unspecified atom stereocenters. The van der Waals surface area contributed by atoms with Crippen molar-refractivity contribution in [1.29, 1.82) is 0 Å². The highest BCUT2D eigenvalue weighted by Crippen LogP contribution is 2.47. The van der Waals surface area contributed by atoms with Gasteiger partial charge in [-0.1, -0.05) is 53.6 Å². The highest BCUT2D eigenvalue weighted by atomic mass is 35.5. The van der Waals surface area contributed by atoms with Gasteiger partial charge in [0.05, 0.1) is 15.7 Å². The number of allylic oxidation sites excluding steroid dienone is 4. The van der Waals surface area contributed by atoms with Crippen LogP contribution in [0.2, 0.25) is 10.0 Å². The van der Waals surface area contributed by atoms with Crippen molar-refractivity contribution in [3.63, 3.8) is 0 Å². The molecule has 1 aliphatic carbocycles. The van der Waals surface area contributed by atoms with Gasteiger partial charge >= 0.3 is 0 Å². The average Bonchev–Trinajstić information content (AvgIpc) is 3.07. The van der Waals surface area contributed by atoms with Gasteiger partial charge in [0.25, 0.3) is 0 Å². The van der Waals surface area contributed by atoms with Crippen molar-refractivity contribution < 1.29 is 0 Å². The standard InChI is InChI=1S/C22H23Cl2N/c1-13-10-11-17(15(3)14(13)2)20-18(16-8-6-7-9-16)12-19(23)22(21(20)24)25(4)5/h6-8,10-12H,9H2,1-5H3. The van der Waals surface area contributed by atoms with Crippen LogP contribution in [-0.4, -0.2) is 14.1 Å². The summed E-state index contributed by atoms with van der Waals surface area (Å²) in [5, 5.41) is 1.40. The molecule has 0 aromatic heterocycles.